The number of rotatable bonds is 8. The number of ether oxygens (including phenoxy) is 3. The Morgan fingerprint density at radius 1 is 1.17 bits per heavy atom. The summed E-state index contributed by atoms with van der Waals surface area (Å²) in [6, 6.07) is 12.6. The summed E-state index contributed by atoms with van der Waals surface area (Å²) >= 11 is 0. The number of amides is 2. The van der Waals surface area contributed by atoms with Crippen molar-refractivity contribution in [1.82, 2.24) is 0 Å². The second-order valence-corrected chi connectivity index (χ2v) is 7.00. The highest BCUT2D eigenvalue weighted by atomic mass is 16.5. The van der Waals surface area contributed by atoms with Crippen molar-refractivity contribution in [2.75, 3.05) is 30.5 Å². The number of benzene rings is 2. The van der Waals surface area contributed by atoms with Crippen molar-refractivity contribution in [2.24, 2.45) is 0 Å². The highest BCUT2D eigenvalue weighted by Crippen LogP contribution is 2.35. The summed E-state index contributed by atoms with van der Waals surface area (Å²) < 4.78 is 16.2. The van der Waals surface area contributed by atoms with Crippen LogP contribution in [-0.2, 0) is 9.59 Å². The molecular formula is C22H26N2O5. The van der Waals surface area contributed by atoms with Crippen molar-refractivity contribution >= 4 is 23.2 Å². The number of nitrogens with one attached hydrogen (secondary N) is 1. The molecule has 0 aromatic heterocycles. The molecule has 0 aliphatic carbocycles. The molecular weight excluding hydrogens is 372 g/mol. The minimum Gasteiger partial charge on any atom is -0.497 e. The zero-order chi connectivity index (χ0) is 20.8. The zero-order valence-electron chi connectivity index (χ0n) is 16.9. The average Bonchev–Trinajstić information content (AvgIpc) is 2.71. The monoisotopic (exact) mass is 398 g/mol. The van der Waals surface area contributed by atoms with Crippen LogP contribution >= 0.6 is 0 Å². The van der Waals surface area contributed by atoms with Gasteiger partial charge >= 0.3 is 0 Å². The van der Waals surface area contributed by atoms with Crippen molar-refractivity contribution in [3.63, 3.8) is 0 Å². The highest BCUT2D eigenvalue weighted by molar-refractivity contribution is 6.00. The van der Waals surface area contributed by atoms with Gasteiger partial charge in [0.2, 0.25) is 5.91 Å². The Morgan fingerprint density at radius 3 is 2.59 bits per heavy atom. The van der Waals surface area contributed by atoms with E-state index in [9.17, 15) is 9.59 Å². The quantitative estimate of drug-likeness (QED) is 0.687. The molecule has 0 radical (unpaired) electrons. The van der Waals surface area contributed by atoms with Crippen molar-refractivity contribution < 1.29 is 23.8 Å². The van der Waals surface area contributed by atoms with Gasteiger partial charge in [0, 0.05) is 18.2 Å². The summed E-state index contributed by atoms with van der Waals surface area (Å²) in [5.74, 6) is 1.95. The molecule has 1 heterocycles. The first-order valence-electron chi connectivity index (χ1n) is 9.63. The van der Waals surface area contributed by atoms with E-state index in [1.54, 1.807) is 30.2 Å². The smallest absolute Gasteiger partial charge is 0.265 e. The van der Waals surface area contributed by atoms with Gasteiger partial charge in [-0.3, -0.25) is 9.59 Å². The number of methoxy groups -OCH3 is 1. The number of fused-ring (bicyclic) bond motifs is 1. The maximum absolute atomic E-state index is 12.3. The van der Waals surface area contributed by atoms with Gasteiger partial charge in [0.05, 0.1) is 19.4 Å². The van der Waals surface area contributed by atoms with Crippen LogP contribution in [0.2, 0.25) is 0 Å². The van der Waals surface area contributed by atoms with Gasteiger partial charge in [-0.2, -0.15) is 0 Å². The number of carbonyl (C=O) groups excluding carboxylic acids is 2. The van der Waals surface area contributed by atoms with E-state index in [1.165, 1.54) is 0 Å². The Bertz CT molecular complexity index is 864. The molecule has 1 aliphatic heterocycles. The number of hydrogen-bond acceptors (Lipinski definition) is 5. The van der Waals surface area contributed by atoms with Crippen molar-refractivity contribution in [3.8, 4) is 17.2 Å². The molecule has 0 spiro atoms. The molecule has 7 heteroatoms. The maximum Gasteiger partial charge on any atom is 0.265 e. The molecule has 0 saturated carbocycles. The standard InChI is InChI=1S/C22H26N2O5/c1-15(2)24-19-13-16(6-11-20(19)29-14-22(24)26)23-21(25)5-4-12-28-18-9-7-17(27-3)8-10-18/h6-11,13,15H,4-5,12,14H2,1-3H3,(H,23,25). The van der Waals surface area contributed by atoms with Gasteiger partial charge in [0.15, 0.2) is 6.61 Å². The van der Waals surface area contributed by atoms with E-state index in [0.717, 1.165) is 11.5 Å². The number of nitrogens with zero attached hydrogens (tertiary/aromatic N) is 1. The Kier molecular flexibility index (Phi) is 6.59. The molecule has 0 saturated heterocycles. The molecule has 0 fully saturated rings. The second kappa shape index (κ2) is 9.32. The summed E-state index contributed by atoms with van der Waals surface area (Å²) in [5, 5.41) is 2.88. The number of carbonyl (C=O) groups is 2. The normalized spacial score (nSPS) is 13.0. The topological polar surface area (TPSA) is 77.1 Å². The Balaban J connectivity index is 1.51. The van der Waals surface area contributed by atoms with Crippen LogP contribution in [0.3, 0.4) is 0 Å². The van der Waals surface area contributed by atoms with E-state index in [-0.39, 0.29) is 24.5 Å². The lowest BCUT2D eigenvalue weighted by molar-refractivity contribution is -0.121. The zero-order valence-corrected chi connectivity index (χ0v) is 16.9. The summed E-state index contributed by atoms with van der Waals surface area (Å²) in [7, 11) is 1.61. The lowest BCUT2D eigenvalue weighted by atomic mass is 10.1. The van der Waals surface area contributed by atoms with Crippen LogP contribution in [0.5, 0.6) is 17.2 Å². The molecule has 7 nitrogen and oxygen atoms in total. The first-order chi connectivity index (χ1) is 14.0. The minimum absolute atomic E-state index is 0.00575. The van der Waals surface area contributed by atoms with E-state index in [1.807, 2.05) is 38.1 Å². The molecule has 1 N–H and O–H groups in total. The fourth-order valence-corrected chi connectivity index (χ4v) is 3.13. The van der Waals surface area contributed by atoms with Crippen molar-refractivity contribution in [1.29, 1.82) is 0 Å². The van der Waals surface area contributed by atoms with Gasteiger partial charge in [-0.05, 0) is 62.7 Å². The van der Waals surface area contributed by atoms with Gasteiger partial charge in [-0.1, -0.05) is 0 Å². The molecule has 2 amide bonds. The minimum atomic E-state index is -0.109. The molecule has 1 aliphatic rings. The van der Waals surface area contributed by atoms with Crippen LogP contribution in [0.1, 0.15) is 26.7 Å². The molecule has 0 bridgehead atoms. The lowest BCUT2D eigenvalue weighted by Gasteiger charge is -2.32. The van der Waals surface area contributed by atoms with E-state index >= 15 is 0 Å². The van der Waals surface area contributed by atoms with Crippen molar-refractivity contribution in [2.45, 2.75) is 32.7 Å². The predicted molar refractivity (Wildman–Crippen MR) is 111 cm³/mol. The molecule has 2 aromatic carbocycles. The molecule has 0 atom stereocenters. The SMILES string of the molecule is COc1ccc(OCCCC(=O)Nc2ccc3c(c2)N(C(C)C)C(=O)CO3)cc1. The van der Waals surface area contributed by atoms with Crippen LogP contribution in [0.4, 0.5) is 11.4 Å². The highest BCUT2D eigenvalue weighted by Gasteiger charge is 2.27. The van der Waals surface area contributed by atoms with E-state index in [2.05, 4.69) is 5.32 Å². The fraction of sp³-hybridized carbons (Fsp3) is 0.364. The molecule has 0 unspecified atom stereocenters. The fourth-order valence-electron chi connectivity index (χ4n) is 3.13. The molecule has 154 valence electrons. The third-order valence-corrected chi connectivity index (χ3v) is 4.51. The summed E-state index contributed by atoms with van der Waals surface area (Å²) in [5.41, 5.74) is 1.31. The van der Waals surface area contributed by atoms with Gasteiger partial charge in [-0.25, -0.2) is 0 Å². The van der Waals surface area contributed by atoms with Gasteiger partial charge in [0.25, 0.3) is 5.91 Å². The van der Waals surface area contributed by atoms with Gasteiger partial charge < -0.3 is 24.4 Å². The number of hydrogen-bond donors (Lipinski definition) is 1. The predicted octanol–water partition coefficient (Wildman–Crippen LogP) is 3.63. The Labute approximate surface area is 170 Å². The van der Waals surface area contributed by atoms with E-state index in [4.69, 9.17) is 14.2 Å². The Morgan fingerprint density at radius 2 is 1.90 bits per heavy atom. The van der Waals surface area contributed by atoms with E-state index < -0.39 is 0 Å². The second-order valence-electron chi connectivity index (χ2n) is 7.00. The van der Waals surface area contributed by atoms with Gasteiger partial charge in [-0.15, -0.1) is 0 Å². The summed E-state index contributed by atoms with van der Waals surface area (Å²) in [4.78, 5) is 26.1. The molecule has 2 aromatic rings. The summed E-state index contributed by atoms with van der Waals surface area (Å²) in [6.45, 7) is 4.36. The maximum atomic E-state index is 12.3. The largest absolute Gasteiger partial charge is 0.497 e. The van der Waals surface area contributed by atoms with Crippen molar-refractivity contribution in [3.05, 3.63) is 42.5 Å². The lowest BCUT2D eigenvalue weighted by Crippen LogP contribution is -2.43. The average molecular weight is 398 g/mol. The molecule has 3 rings (SSSR count). The first kappa shape index (κ1) is 20.5. The van der Waals surface area contributed by atoms with Crippen LogP contribution in [0.25, 0.3) is 0 Å². The first-order valence-corrected chi connectivity index (χ1v) is 9.63. The van der Waals surface area contributed by atoms with Gasteiger partial charge in [0.1, 0.15) is 17.2 Å². The third-order valence-electron chi connectivity index (χ3n) is 4.51. The third kappa shape index (κ3) is 5.19. The summed E-state index contributed by atoms with van der Waals surface area (Å²) in [6.07, 6.45) is 0.916. The Hall–Kier alpha value is -3.22. The van der Waals surface area contributed by atoms with Crippen LogP contribution in [-0.4, -0.2) is 38.2 Å². The van der Waals surface area contributed by atoms with Crippen LogP contribution in [0.15, 0.2) is 42.5 Å². The van der Waals surface area contributed by atoms with E-state index in [0.29, 0.717) is 36.6 Å². The molecule has 29 heavy (non-hydrogen) atoms. The van der Waals surface area contributed by atoms with Crippen LogP contribution < -0.4 is 24.4 Å². The van der Waals surface area contributed by atoms with Crippen LogP contribution in [0, 0.1) is 0 Å². The number of anilines is 2.